The highest BCUT2D eigenvalue weighted by Crippen LogP contribution is 2.12. The van der Waals surface area contributed by atoms with Crippen LogP contribution in [0, 0.1) is 0 Å². The Morgan fingerprint density at radius 1 is 1.44 bits per heavy atom. The summed E-state index contributed by atoms with van der Waals surface area (Å²) >= 11 is 0. The minimum atomic E-state index is 0.559. The average Bonchev–Trinajstić information content (AvgIpc) is 2.74. The van der Waals surface area contributed by atoms with E-state index in [2.05, 4.69) is 27.9 Å². The van der Waals surface area contributed by atoms with Crippen LogP contribution in [0.25, 0.3) is 0 Å². The molecule has 102 valence electrons. The molecule has 5 nitrogen and oxygen atoms in total. The first-order valence-electron chi connectivity index (χ1n) is 7.15. The second-order valence-electron chi connectivity index (χ2n) is 5.26. The lowest BCUT2D eigenvalue weighted by molar-refractivity contribution is 0.394. The van der Waals surface area contributed by atoms with Gasteiger partial charge in [0.25, 0.3) is 0 Å². The summed E-state index contributed by atoms with van der Waals surface area (Å²) in [6.45, 7) is 5.31. The van der Waals surface area contributed by atoms with Gasteiger partial charge in [-0.15, -0.1) is 5.10 Å². The first kappa shape index (κ1) is 13.5. The molecule has 1 fully saturated rings. The maximum absolute atomic E-state index is 3.96. The summed E-state index contributed by atoms with van der Waals surface area (Å²) in [5, 5.41) is 15.0. The van der Waals surface area contributed by atoms with Crippen LogP contribution < -0.4 is 10.6 Å². The van der Waals surface area contributed by atoms with Crippen molar-refractivity contribution >= 4 is 0 Å². The van der Waals surface area contributed by atoms with E-state index in [9.17, 15) is 0 Å². The van der Waals surface area contributed by atoms with E-state index in [-0.39, 0.29) is 0 Å². The molecule has 0 aliphatic carbocycles. The molecule has 2 heterocycles. The van der Waals surface area contributed by atoms with Crippen molar-refractivity contribution < 1.29 is 0 Å². The summed E-state index contributed by atoms with van der Waals surface area (Å²) in [6, 6.07) is 1.26. The van der Waals surface area contributed by atoms with E-state index in [1.165, 1.54) is 38.6 Å². The molecule has 0 amide bonds. The third kappa shape index (κ3) is 4.74. The van der Waals surface area contributed by atoms with E-state index in [4.69, 9.17) is 0 Å². The fourth-order valence-corrected chi connectivity index (χ4v) is 2.59. The Balaban J connectivity index is 1.60. The highest BCUT2D eigenvalue weighted by Gasteiger charge is 2.14. The van der Waals surface area contributed by atoms with E-state index in [0.717, 1.165) is 13.1 Å². The van der Waals surface area contributed by atoms with Gasteiger partial charge in [-0.2, -0.15) is 0 Å². The van der Waals surface area contributed by atoms with E-state index >= 15 is 0 Å². The summed E-state index contributed by atoms with van der Waals surface area (Å²) < 4.78 is 1.86. The van der Waals surface area contributed by atoms with Crippen LogP contribution in [0.5, 0.6) is 0 Å². The predicted molar refractivity (Wildman–Crippen MR) is 72.4 cm³/mol. The zero-order chi connectivity index (χ0) is 12.6. The van der Waals surface area contributed by atoms with Gasteiger partial charge in [-0.1, -0.05) is 18.1 Å². The molecule has 0 saturated carbocycles. The van der Waals surface area contributed by atoms with Gasteiger partial charge in [-0.3, -0.25) is 4.68 Å². The van der Waals surface area contributed by atoms with Gasteiger partial charge in [-0.05, 0) is 32.7 Å². The Morgan fingerprint density at radius 2 is 2.39 bits per heavy atom. The fourth-order valence-electron chi connectivity index (χ4n) is 2.59. The second kappa shape index (κ2) is 7.48. The van der Waals surface area contributed by atoms with Crippen LogP contribution in [0.15, 0.2) is 12.4 Å². The van der Waals surface area contributed by atoms with Crippen LogP contribution in [0.3, 0.4) is 0 Å². The summed E-state index contributed by atoms with van der Waals surface area (Å²) in [5.41, 5.74) is 0. The molecule has 0 aromatic carbocycles. The third-order valence-corrected chi connectivity index (χ3v) is 3.61. The van der Waals surface area contributed by atoms with Crippen LogP contribution in [-0.4, -0.2) is 40.2 Å². The maximum Gasteiger partial charge on any atom is 0.0692 e. The normalized spacial score (nSPS) is 22.6. The molecule has 1 aromatic rings. The number of hydrogen-bond donors (Lipinski definition) is 2. The zero-order valence-corrected chi connectivity index (χ0v) is 11.3. The SMILES string of the molecule is CC(CC1CCCCCN1)NCCn1ccnn1. The summed E-state index contributed by atoms with van der Waals surface area (Å²) in [5.74, 6) is 0. The Hall–Kier alpha value is -0.940. The van der Waals surface area contributed by atoms with Crippen molar-refractivity contribution in [3.05, 3.63) is 12.4 Å². The van der Waals surface area contributed by atoms with Crippen molar-refractivity contribution in [2.75, 3.05) is 13.1 Å². The summed E-state index contributed by atoms with van der Waals surface area (Å²) in [6.07, 6.45) is 10.3. The monoisotopic (exact) mass is 251 g/mol. The third-order valence-electron chi connectivity index (χ3n) is 3.61. The molecule has 1 aliphatic heterocycles. The first-order valence-corrected chi connectivity index (χ1v) is 7.15. The van der Waals surface area contributed by atoms with E-state index < -0.39 is 0 Å². The number of aromatic nitrogens is 3. The van der Waals surface area contributed by atoms with Gasteiger partial charge in [-0.25, -0.2) is 0 Å². The van der Waals surface area contributed by atoms with Crippen molar-refractivity contribution in [3.8, 4) is 0 Å². The zero-order valence-electron chi connectivity index (χ0n) is 11.3. The highest BCUT2D eigenvalue weighted by molar-refractivity contribution is 4.76. The Morgan fingerprint density at radius 3 is 3.22 bits per heavy atom. The highest BCUT2D eigenvalue weighted by atomic mass is 15.4. The molecule has 5 heteroatoms. The first-order chi connectivity index (χ1) is 8.84. The molecule has 2 unspecified atom stereocenters. The van der Waals surface area contributed by atoms with Gasteiger partial charge in [0.1, 0.15) is 0 Å². The molecule has 0 spiro atoms. The largest absolute Gasteiger partial charge is 0.314 e. The van der Waals surface area contributed by atoms with Gasteiger partial charge in [0.15, 0.2) is 0 Å². The summed E-state index contributed by atoms with van der Waals surface area (Å²) in [4.78, 5) is 0. The van der Waals surface area contributed by atoms with Crippen molar-refractivity contribution in [2.24, 2.45) is 0 Å². The molecular weight excluding hydrogens is 226 g/mol. The lowest BCUT2D eigenvalue weighted by Gasteiger charge is -2.21. The van der Waals surface area contributed by atoms with Gasteiger partial charge in [0, 0.05) is 24.8 Å². The topological polar surface area (TPSA) is 54.8 Å². The average molecular weight is 251 g/mol. The van der Waals surface area contributed by atoms with Crippen LogP contribution in [0.1, 0.15) is 39.0 Å². The molecule has 0 radical (unpaired) electrons. The fraction of sp³-hybridized carbons (Fsp3) is 0.846. The maximum atomic E-state index is 3.96. The van der Waals surface area contributed by atoms with E-state index in [0.29, 0.717) is 12.1 Å². The Kier molecular flexibility index (Phi) is 5.61. The van der Waals surface area contributed by atoms with Gasteiger partial charge >= 0.3 is 0 Å². The van der Waals surface area contributed by atoms with Crippen LogP contribution >= 0.6 is 0 Å². The lowest BCUT2D eigenvalue weighted by Crippen LogP contribution is -2.37. The molecule has 2 atom stereocenters. The van der Waals surface area contributed by atoms with E-state index in [1.807, 2.05) is 10.9 Å². The van der Waals surface area contributed by atoms with Gasteiger partial charge < -0.3 is 10.6 Å². The molecule has 1 saturated heterocycles. The minimum absolute atomic E-state index is 0.559. The second-order valence-corrected chi connectivity index (χ2v) is 5.26. The molecule has 2 rings (SSSR count). The predicted octanol–water partition coefficient (Wildman–Crippen LogP) is 1.18. The molecule has 18 heavy (non-hydrogen) atoms. The van der Waals surface area contributed by atoms with Crippen LogP contribution in [0.2, 0.25) is 0 Å². The van der Waals surface area contributed by atoms with Crippen molar-refractivity contribution in [3.63, 3.8) is 0 Å². The Bertz CT molecular complexity index is 303. The smallest absolute Gasteiger partial charge is 0.0692 e. The lowest BCUT2D eigenvalue weighted by atomic mass is 10.0. The van der Waals surface area contributed by atoms with E-state index in [1.54, 1.807) is 6.20 Å². The van der Waals surface area contributed by atoms with Gasteiger partial charge in [0.05, 0.1) is 12.7 Å². The number of hydrogen-bond acceptors (Lipinski definition) is 4. The number of nitrogens with zero attached hydrogens (tertiary/aromatic N) is 3. The minimum Gasteiger partial charge on any atom is -0.314 e. The molecule has 1 aliphatic rings. The molecule has 1 aromatic heterocycles. The number of rotatable bonds is 6. The van der Waals surface area contributed by atoms with Crippen molar-refractivity contribution in [1.29, 1.82) is 0 Å². The Labute approximate surface area is 109 Å². The summed E-state index contributed by atoms with van der Waals surface area (Å²) in [7, 11) is 0. The van der Waals surface area contributed by atoms with Gasteiger partial charge in [0.2, 0.25) is 0 Å². The standard InChI is InChI=1S/C13H25N5/c1-12(11-13-5-3-2-4-6-15-13)14-7-9-18-10-8-16-17-18/h8,10,12-15H,2-7,9,11H2,1H3. The quantitative estimate of drug-likeness (QED) is 0.797. The van der Waals surface area contributed by atoms with Crippen LogP contribution in [0.4, 0.5) is 0 Å². The van der Waals surface area contributed by atoms with Crippen molar-refractivity contribution in [2.45, 2.75) is 57.7 Å². The molecule has 0 bridgehead atoms. The molecular formula is C13H25N5. The van der Waals surface area contributed by atoms with Crippen molar-refractivity contribution in [1.82, 2.24) is 25.6 Å². The van der Waals surface area contributed by atoms with Crippen LogP contribution in [-0.2, 0) is 6.54 Å². The number of nitrogens with one attached hydrogen (secondary N) is 2. The molecule has 2 N–H and O–H groups in total.